The standard InChI is InChI=1S/C24H27N2O3S2/c1-3-17(14-23-25(10-12-27)19-6-4-5-7-21(19)30-23)15-24-26(11-13-28)20-16-18(29-2)8-9-22(20)31-24/h4-9,14-16,27-28H,3,10-13H2,1-2H3/q+1. The Balaban J connectivity index is 1.73. The number of thiazole rings is 1. The third kappa shape index (κ3) is 4.50. The van der Waals surface area contributed by atoms with Gasteiger partial charge >= 0.3 is 0 Å². The number of hydrogen-bond donors (Lipinski definition) is 2. The molecule has 3 aromatic rings. The summed E-state index contributed by atoms with van der Waals surface area (Å²) in [7, 11) is 1.67. The van der Waals surface area contributed by atoms with Crippen molar-refractivity contribution in [3.8, 4) is 5.75 Å². The van der Waals surface area contributed by atoms with Crippen LogP contribution >= 0.6 is 23.1 Å². The minimum Gasteiger partial charge on any atom is -0.497 e. The highest BCUT2D eigenvalue weighted by Gasteiger charge is 2.26. The number of ether oxygens (including phenoxy) is 1. The maximum atomic E-state index is 9.65. The first kappa shape index (κ1) is 21.9. The van der Waals surface area contributed by atoms with E-state index in [1.807, 2.05) is 24.3 Å². The molecule has 1 aliphatic heterocycles. The van der Waals surface area contributed by atoms with E-state index in [-0.39, 0.29) is 13.2 Å². The van der Waals surface area contributed by atoms with Gasteiger partial charge in [-0.1, -0.05) is 42.2 Å². The molecule has 0 aliphatic carbocycles. The molecule has 2 heterocycles. The highest BCUT2D eigenvalue weighted by Crippen LogP contribution is 2.47. The van der Waals surface area contributed by atoms with Gasteiger partial charge in [-0.2, -0.15) is 4.57 Å². The molecule has 0 unspecified atom stereocenters. The Bertz CT molecular complexity index is 1140. The molecule has 0 atom stereocenters. The molecular formula is C24H27N2O3S2+. The molecule has 1 aliphatic rings. The van der Waals surface area contributed by atoms with E-state index in [9.17, 15) is 10.2 Å². The molecule has 0 bridgehead atoms. The summed E-state index contributed by atoms with van der Waals surface area (Å²) in [6.45, 7) is 3.43. The number of β-amino-alcohol motifs (C(OH)–C–C–N with tert-alkyl or cyclic N) is 1. The molecule has 2 N–H and O–H groups in total. The summed E-state index contributed by atoms with van der Waals surface area (Å²) in [6.07, 6.45) is 5.30. The first-order valence-corrected chi connectivity index (χ1v) is 12.0. The summed E-state index contributed by atoms with van der Waals surface area (Å²) in [5.74, 6) is 0.810. The van der Waals surface area contributed by atoms with Gasteiger partial charge < -0.3 is 19.8 Å². The fourth-order valence-electron chi connectivity index (χ4n) is 3.70. The molecule has 0 radical (unpaired) electrons. The Labute approximate surface area is 190 Å². The predicted molar refractivity (Wildman–Crippen MR) is 129 cm³/mol. The van der Waals surface area contributed by atoms with E-state index in [0.29, 0.717) is 13.1 Å². The summed E-state index contributed by atoms with van der Waals surface area (Å²) >= 11 is 3.45. The van der Waals surface area contributed by atoms with Gasteiger partial charge in [-0.05, 0) is 36.3 Å². The molecule has 7 heteroatoms. The van der Waals surface area contributed by atoms with Crippen LogP contribution in [-0.4, -0.2) is 37.1 Å². The Kier molecular flexibility index (Phi) is 6.97. The van der Waals surface area contributed by atoms with Gasteiger partial charge in [0.1, 0.15) is 17.1 Å². The van der Waals surface area contributed by atoms with Crippen molar-refractivity contribution in [1.29, 1.82) is 0 Å². The minimum atomic E-state index is 0.0759. The average molecular weight is 456 g/mol. The van der Waals surface area contributed by atoms with Crippen LogP contribution in [0.5, 0.6) is 5.75 Å². The van der Waals surface area contributed by atoms with E-state index in [1.165, 1.54) is 10.3 Å². The number of fused-ring (bicyclic) bond motifs is 2. The average Bonchev–Trinajstić information content (AvgIpc) is 3.31. The van der Waals surface area contributed by atoms with Crippen LogP contribution < -0.4 is 14.2 Å². The number of nitrogens with zero attached hydrogens (tertiary/aromatic N) is 2. The van der Waals surface area contributed by atoms with Crippen molar-refractivity contribution in [2.75, 3.05) is 31.8 Å². The molecule has 0 saturated heterocycles. The molecule has 31 heavy (non-hydrogen) atoms. The molecule has 1 aromatic heterocycles. The van der Waals surface area contributed by atoms with Gasteiger partial charge in [0.15, 0.2) is 6.54 Å². The second kappa shape index (κ2) is 9.87. The SMILES string of the molecule is CCC(/C=C1\Sc2ccc(OC)cc2N1CCO)=C\c1sc2ccccc2[n+]1CCO. The summed E-state index contributed by atoms with van der Waals surface area (Å²) in [5, 5.41) is 21.5. The lowest BCUT2D eigenvalue weighted by atomic mass is 10.2. The predicted octanol–water partition coefficient (Wildman–Crippen LogP) is 4.43. The van der Waals surface area contributed by atoms with Crippen molar-refractivity contribution in [1.82, 2.24) is 0 Å². The molecule has 0 amide bonds. The van der Waals surface area contributed by atoms with Crippen LogP contribution in [0.3, 0.4) is 0 Å². The largest absolute Gasteiger partial charge is 0.497 e. The normalized spacial score (nSPS) is 15.2. The van der Waals surface area contributed by atoms with Crippen LogP contribution in [0.2, 0.25) is 0 Å². The maximum absolute atomic E-state index is 9.65. The lowest BCUT2D eigenvalue weighted by Crippen LogP contribution is -2.36. The second-order valence-corrected chi connectivity index (χ2v) is 9.27. The zero-order valence-corrected chi connectivity index (χ0v) is 19.4. The van der Waals surface area contributed by atoms with Crippen LogP contribution in [0.1, 0.15) is 18.4 Å². The summed E-state index contributed by atoms with van der Waals surface area (Å²) in [5.41, 5.74) is 3.41. The van der Waals surface area contributed by atoms with Crippen LogP contribution in [0, 0.1) is 0 Å². The van der Waals surface area contributed by atoms with Gasteiger partial charge in [-0.25, -0.2) is 0 Å². The topological polar surface area (TPSA) is 56.8 Å². The number of hydrogen-bond acceptors (Lipinski definition) is 6. The van der Waals surface area contributed by atoms with Gasteiger partial charge in [0.2, 0.25) is 5.52 Å². The fraction of sp³-hybridized carbons (Fsp3) is 0.292. The third-order valence-electron chi connectivity index (χ3n) is 5.25. The molecule has 162 valence electrons. The summed E-state index contributed by atoms with van der Waals surface area (Å²) < 4.78 is 8.79. The number of methoxy groups -OCH3 is 1. The summed E-state index contributed by atoms with van der Waals surface area (Å²) in [4.78, 5) is 3.31. The van der Waals surface area contributed by atoms with Crippen molar-refractivity contribution in [2.45, 2.75) is 24.8 Å². The molecule has 0 spiro atoms. The zero-order valence-electron chi connectivity index (χ0n) is 17.7. The Morgan fingerprint density at radius 3 is 2.74 bits per heavy atom. The van der Waals surface area contributed by atoms with Crippen molar-refractivity contribution >= 4 is 45.1 Å². The number of aliphatic hydroxyl groups excluding tert-OH is 2. The van der Waals surface area contributed by atoms with Crippen LogP contribution in [-0.2, 0) is 6.54 Å². The van der Waals surface area contributed by atoms with E-state index in [2.05, 4.69) is 46.7 Å². The van der Waals surface area contributed by atoms with Gasteiger partial charge in [-0.15, -0.1) is 0 Å². The maximum Gasteiger partial charge on any atom is 0.263 e. The van der Waals surface area contributed by atoms with E-state index < -0.39 is 0 Å². The van der Waals surface area contributed by atoms with E-state index in [4.69, 9.17) is 4.74 Å². The van der Waals surface area contributed by atoms with Crippen LogP contribution in [0.15, 0.2) is 64.0 Å². The lowest BCUT2D eigenvalue weighted by molar-refractivity contribution is -0.670. The highest BCUT2D eigenvalue weighted by molar-refractivity contribution is 8.03. The van der Waals surface area contributed by atoms with Crippen LogP contribution in [0.4, 0.5) is 5.69 Å². The quantitative estimate of drug-likeness (QED) is 0.492. The van der Waals surface area contributed by atoms with Gasteiger partial charge in [-0.3, -0.25) is 0 Å². The number of aromatic nitrogens is 1. The monoisotopic (exact) mass is 455 g/mol. The van der Waals surface area contributed by atoms with Crippen molar-refractivity contribution in [3.63, 3.8) is 0 Å². The van der Waals surface area contributed by atoms with Crippen molar-refractivity contribution in [2.24, 2.45) is 0 Å². The summed E-state index contributed by atoms with van der Waals surface area (Å²) in [6, 6.07) is 14.4. The minimum absolute atomic E-state index is 0.0759. The molecule has 4 rings (SSSR count). The van der Waals surface area contributed by atoms with Gasteiger partial charge in [0, 0.05) is 29.6 Å². The third-order valence-corrected chi connectivity index (χ3v) is 7.47. The molecule has 5 nitrogen and oxygen atoms in total. The highest BCUT2D eigenvalue weighted by atomic mass is 32.2. The molecule has 0 saturated carbocycles. The van der Waals surface area contributed by atoms with E-state index >= 15 is 0 Å². The number of rotatable bonds is 8. The first-order chi connectivity index (χ1) is 15.2. The number of allylic oxidation sites excluding steroid dienone is 2. The number of aliphatic hydroxyl groups is 2. The van der Waals surface area contributed by atoms with Crippen molar-refractivity contribution in [3.05, 3.63) is 64.2 Å². The Morgan fingerprint density at radius 2 is 2.00 bits per heavy atom. The molecule has 2 aromatic carbocycles. The second-order valence-electron chi connectivity index (χ2n) is 7.15. The van der Waals surface area contributed by atoms with Crippen LogP contribution in [0.25, 0.3) is 16.3 Å². The van der Waals surface area contributed by atoms with E-state index in [1.54, 1.807) is 30.2 Å². The van der Waals surface area contributed by atoms with Gasteiger partial charge in [0.05, 0.1) is 24.4 Å². The number of thioether (sulfide) groups is 1. The smallest absolute Gasteiger partial charge is 0.263 e. The lowest BCUT2D eigenvalue weighted by Gasteiger charge is -2.20. The molecular weight excluding hydrogens is 428 g/mol. The van der Waals surface area contributed by atoms with Gasteiger partial charge in [0.25, 0.3) is 5.01 Å². The Hall–Kier alpha value is -2.32. The number of para-hydroxylation sites is 1. The first-order valence-electron chi connectivity index (χ1n) is 10.4. The molecule has 0 fully saturated rings. The number of benzene rings is 2. The van der Waals surface area contributed by atoms with Crippen molar-refractivity contribution < 1.29 is 19.5 Å². The van der Waals surface area contributed by atoms with E-state index in [0.717, 1.165) is 38.3 Å². The number of anilines is 1. The zero-order chi connectivity index (χ0) is 21.8. The fourth-order valence-corrected chi connectivity index (χ4v) is 6.01. The Morgan fingerprint density at radius 1 is 1.16 bits per heavy atom.